The SMILES string of the molecule is CC(C)(c1ccccc1)c1cc(CCN2C(=O)c3ccccc3C2=O)c(O)c(-n2nc3ccccc3n2)c1. The van der Waals surface area contributed by atoms with Crippen molar-refractivity contribution in [2.75, 3.05) is 6.54 Å². The molecule has 0 spiro atoms. The van der Waals surface area contributed by atoms with Crippen LogP contribution in [0, 0.1) is 0 Å². The lowest BCUT2D eigenvalue weighted by Crippen LogP contribution is -2.32. The van der Waals surface area contributed by atoms with E-state index in [1.54, 1.807) is 24.3 Å². The van der Waals surface area contributed by atoms with Crippen LogP contribution in [0.15, 0.2) is 91.0 Å². The molecule has 0 aliphatic carbocycles. The van der Waals surface area contributed by atoms with E-state index in [9.17, 15) is 14.7 Å². The lowest BCUT2D eigenvalue weighted by molar-refractivity contribution is 0.0655. The van der Waals surface area contributed by atoms with Crippen molar-refractivity contribution < 1.29 is 14.7 Å². The normalized spacial score (nSPS) is 13.4. The highest BCUT2D eigenvalue weighted by Gasteiger charge is 2.35. The summed E-state index contributed by atoms with van der Waals surface area (Å²) >= 11 is 0. The van der Waals surface area contributed by atoms with Gasteiger partial charge in [0.25, 0.3) is 11.8 Å². The highest BCUT2D eigenvalue weighted by atomic mass is 16.3. The van der Waals surface area contributed by atoms with Crippen molar-refractivity contribution in [2.24, 2.45) is 0 Å². The number of hydrogen-bond acceptors (Lipinski definition) is 5. The first-order valence-electron chi connectivity index (χ1n) is 12.5. The molecule has 1 aliphatic heterocycles. The molecular weight excluding hydrogens is 476 g/mol. The Balaban J connectivity index is 1.42. The number of phenolic OH excluding ortho intramolecular Hbond substituents is 1. The lowest BCUT2D eigenvalue weighted by Gasteiger charge is -2.28. The molecule has 6 rings (SSSR count). The topological polar surface area (TPSA) is 88.3 Å². The number of imide groups is 1. The summed E-state index contributed by atoms with van der Waals surface area (Å²) < 4.78 is 0. The molecule has 4 aromatic carbocycles. The maximum atomic E-state index is 12.9. The predicted molar refractivity (Wildman–Crippen MR) is 145 cm³/mol. The monoisotopic (exact) mass is 502 g/mol. The molecule has 1 aromatic heterocycles. The maximum Gasteiger partial charge on any atom is 0.261 e. The summed E-state index contributed by atoms with van der Waals surface area (Å²) in [6.45, 7) is 4.39. The molecule has 0 atom stereocenters. The fraction of sp³-hybridized carbons (Fsp3) is 0.161. The van der Waals surface area contributed by atoms with E-state index in [2.05, 4.69) is 36.2 Å². The number of aromatic nitrogens is 3. The second kappa shape index (κ2) is 8.95. The number of nitrogens with zero attached hydrogens (tertiary/aromatic N) is 4. The number of rotatable bonds is 6. The van der Waals surface area contributed by atoms with Crippen LogP contribution < -0.4 is 0 Å². The number of fused-ring (bicyclic) bond motifs is 2. The zero-order chi connectivity index (χ0) is 26.4. The van der Waals surface area contributed by atoms with Gasteiger partial charge >= 0.3 is 0 Å². The molecule has 0 saturated heterocycles. The van der Waals surface area contributed by atoms with Gasteiger partial charge in [-0.15, -0.1) is 15.0 Å². The number of phenols is 1. The summed E-state index contributed by atoms with van der Waals surface area (Å²) in [5, 5.41) is 20.6. The molecule has 7 nitrogen and oxygen atoms in total. The Morgan fingerprint density at radius 3 is 1.89 bits per heavy atom. The highest BCUT2D eigenvalue weighted by Crippen LogP contribution is 2.37. The van der Waals surface area contributed by atoms with E-state index >= 15 is 0 Å². The Hall–Kier alpha value is -4.78. The van der Waals surface area contributed by atoms with Gasteiger partial charge in [-0.25, -0.2) is 0 Å². The van der Waals surface area contributed by atoms with Gasteiger partial charge in [-0.3, -0.25) is 14.5 Å². The second-order valence-electron chi connectivity index (χ2n) is 10.0. The number of carbonyl (C=O) groups is 2. The van der Waals surface area contributed by atoms with Crippen LogP contribution in [-0.2, 0) is 11.8 Å². The first-order valence-corrected chi connectivity index (χ1v) is 12.5. The molecule has 7 heteroatoms. The third-order valence-electron chi connectivity index (χ3n) is 7.37. The van der Waals surface area contributed by atoms with E-state index in [1.807, 2.05) is 54.6 Å². The van der Waals surface area contributed by atoms with Gasteiger partial charge in [0.05, 0.1) is 11.1 Å². The molecule has 2 amide bonds. The molecule has 1 aliphatic rings. The number of hydrogen-bond donors (Lipinski definition) is 1. The zero-order valence-corrected chi connectivity index (χ0v) is 21.1. The molecule has 1 N–H and O–H groups in total. The van der Waals surface area contributed by atoms with Crippen molar-refractivity contribution in [3.63, 3.8) is 0 Å². The smallest absolute Gasteiger partial charge is 0.261 e. The van der Waals surface area contributed by atoms with Crippen LogP contribution in [0.2, 0.25) is 0 Å². The Bertz CT molecular complexity index is 1640. The third-order valence-corrected chi connectivity index (χ3v) is 7.37. The van der Waals surface area contributed by atoms with E-state index in [-0.39, 0.29) is 30.5 Å². The zero-order valence-electron chi connectivity index (χ0n) is 21.1. The van der Waals surface area contributed by atoms with Crippen molar-refractivity contribution in [2.45, 2.75) is 25.7 Å². The minimum Gasteiger partial charge on any atom is -0.505 e. The molecule has 38 heavy (non-hydrogen) atoms. The minimum atomic E-state index is -0.402. The van der Waals surface area contributed by atoms with E-state index in [0.29, 0.717) is 33.4 Å². The van der Waals surface area contributed by atoms with E-state index in [1.165, 1.54) is 9.70 Å². The van der Waals surface area contributed by atoms with E-state index in [0.717, 1.165) is 11.1 Å². The summed E-state index contributed by atoms with van der Waals surface area (Å²) in [5.41, 5.74) is 4.97. The fourth-order valence-corrected chi connectivity index (χ4v) is 5.05. The van der Waals surface area contributed by atoms with Crippen LogP contribution in [-0.4, -0.2) is 43.4 Å². The summed E-state index contributed by atoms with van der Waals surface area (Å²) in [7, 11) is 0. The van der Waals surface area contributed by atoms with Crippen LogP contribution in [0.1, 0.15) is 51.3 Å². The Labute approximate surface area is 220 Å². The van der Waals surface area contributed by atoms with Gasteiger partial charge < -0.3 is 5.11 Å². The molecule has 2 heterocycles. The van der Waals surface area contributed by atoms with E-state index in [4.69, 9.17) is 0 Å². The number of amides is 2. The first-order chi connectivity index (χ1) is 18.3. The first kappa shape index (κ1) is 23.6. The fourth-order valence-electron chi connectivity index (χ4n) is 5.05. The molecule has 0 unspecified atom stereocenters. The number of benzene rings is 4. The van der Waals surface area contributed by atoms with Crippen molar-refractivity contribution in [3.05, 3.63) is 119 Å². The number of carbonyl (C=O) groups excluding carboxylic acids is 2. The molecule has 0 fully saturated rings. The van der Waals surface area contributed by atoms with Crippen molar-refractivity contribution >= 4 is 22.8 Å². The summed E-state index contributed by atoms with van der Waals surface area (Å²) in [6.07, 6.45) is 0.282. The van der Waals surface area contributed by atoms with Gasteiger partial charge in [0.1, 0.15) is 22.5 Å². The Morgan fingerprint density at radius 1 is 0.737 bits per heavy atom. The van der Waals surface area contributed by atoms with Gasteiger partial charge in [-0.05, 0) is 53.4 Å². The molecule has 0 bridgehead atoms. The van der Waals surface area contributed by atoms with Crippen LogP contribution in [0.4, 0.5) is 0 Å². The highest BCUT2D eigenvalue weighted by molar-refractivity contribution is 6.21. The lowest BCUT2D eigenvalue weighted by atomic mass is 9.77. The van der Waals surface area contributed by atoms with Gasteiger partial charge in [-0.2, -0.15) is 0 Å². The van der Waals surface area contributed by atoms with Crippen molar-refractivity contribution in [1.29, 1.82) is 0 Å². The van der Waals surface area contributed by atoms with Crippen LogP contribution in [0.3, 0.4) is 0 Å². The van der Waals surface area contributed by atoms with Crippen LogP contribution in [0.5, 0.6) is 5.75 Å². The summed E-state index contributed by atoms with van der Waals surface area (Å²) in [5.74, 6) is -0.605. The maximum absolute atomic E-state index is 12.9. The van der Waals surface area contributed by atoms with Crippen molar-refractivity contribution in [1.82, 2.24) is 19.9 Å². The van der Waals surface area contributed by atoms with E-state index < -0.39 is 5.41 Å². The second-order valence-corrected chi connectivity index (χ2v) is 10.0. The van der Waals surface area contributed by atoms with Crippen LogP contribution in [0.25, 0.3) is 16.7 Å². The standard InChI is InChI=1S/C31H26N4O3/c1-31(2,21-10-4-3-5-11-21)22-18-20(16-17-34-29(37)23-12-6-7-13-24(23)30(34)38)28(36)27(19-22)35-32-25-14-8-9-15-26(25)33-35/h3-15,18-19,36H,16-17H2,1-2H3. The van der Waals surface area contributed by atoms with Crippen LogP contribution >= 0.6 is 0 Å². The molecule has 5 aromatic rings. The quantitative estimate of drug-likeness (QED) is 0.319. The number of aromatic hydroxyl groups is 1. The Kier molecular flexibility index (Phi) is 5.56. The van der Waals surface area contributed by atoms with Gasteiger partial charge in [0, 0.05) is 12.0 Å². The third kappa shape index (κ3) is 3.84. The van der Waals surface area contributed by atoms with Gasteiger partial charge in [0.15, 0.2) is 0 Å². The average Bonchev–Trinajstić information content (AvgIpc) is 3.47. The molecule has 0 radical (unpaired) electrons. The predicted octanol–water partition coefficient (Wildman–Crippen LogP) is 5.29. The average molecular weight is 503 g/mol. The minimum absolute atomic E-state index is 0.0227. The van der Waals surface area contributed by atoms with Gasteiger partial charge in [-0.1, -0.05) is 74.5 Å². The summed E-state index contributed by atoms with van der Waals surface area (Å²) in [4.78, 5) is 28.6. The molecular formula is C31H26N4O3. The van der Waals surface area contributed by atoms with Gasteiger partial charge in [0.2, 0.25) is 0 Å². The molecule has 188 valence electrons. The summed E-state index contributed by atoms with van der Waals surface area (Å²) in [6, 6.07) is 28.4. The largest absolute Gasteiger partial charge is 0.505 e. The molecule has 0 saturated carbocycles. The Morgan fingerprint density at radius 2 is 1.29 bits per heavy atom. The van der Waals surface area contributed by atoms with Crippen molar-refractivity contribution in [3.8, 4) is 11.4 Å².